The molecule has 2 N–H and O–H groups in total. The minimum atomic E-state index is -1.13. The highest BCUT2D eigenvalue weighted by atomic mass is 79.9. The predicted octanol–water partition coefficient (Wildman–Crippen LogP) is 1.90. The summed E-state index contributed by atoms with van der Waals surface area (Å²) in [6.45, 7) is 0. The number of nitrogens with zero attached hydrogens (tertiary/aromatic N) is 2. The van der Waals surface area contributed by atoms with Gasteiger partial charge in [-0.2, -0.15) is 10.4 Å². The highest BCUT2D eigenvalue weighted by Gasteiger charge is 2.17. The van der Waals surface area contributed by atoms with Gasteiger partial charge in [-0.3, -0.25) is 5.10 Å². The molecule has 0 spiro atoms. The molecular formula is C9H4BrN3O2. The summed E-state index contributed by atoms with van der Waals surface area (Å²) in [7, 11) is 0. The van der Waals surface area contributed by atoms with Gasteiger partial charge in [0.1, 0.15) is 5.52 Å². The van der Waals surface area contributed by atoms with E-state index in [0.717, 1.165) is 0 Å². The molecule has 2 aromatic rings. The smallest absolute Gasteiger partial charge is 0.354 e. The lowest BCUT2D eigenvalue weighted by molar-refractivity contribution is 0.0692. The lowest BCUT2D eigenvalue weighted by atomic mass is 10.1. The molecule has 0 radical (unpaired) electrons. The summed E-state index contributed by atoms with van der Waals surface area (Å²) in [5, 5.41) is 24.3. The van der Waals surface area contributed by atoms with Gasteiger partial charge in [-0.05, 0) is 28.1 Å². The summed E-state index contributed by atoms with van der Waals surface area (Å²) in [6.07, 6.45) is 0. The highest BCUT2D eigenvalue weighted by Crippen LogP contribution is 2.27. The van der Waals surface area contributed by atoms with Crippen molar-refractivity contribution in [2.45, 2.75) is 0 Å². The number of fused-ring (bicyclic) bond motifs is 1. The van der Waals surface area contributed by atoms with Crippen LogP contribution in [0.25, 0.3) is 10.9 Å². The number of aromatic nitrogens is 2. The van der Waals surface area contributed by atoms with E-state index in [0.29, 0.717) is 20.9 Å². The van der Waals surface area contributed by atoms with E-state index in [9.17, 15) is 4.79 Å². The molecular weight excluding hydrogens is 262 g/mol. The number of nitriles is 1. The molecule has 0 aliphatic carbocycles. The monoisotopic (exact) mass is 265 g/mol. The van der Waals surface area contributed by atoms with Crippen molar-refractivity contribution in [2.24, 2.45) is 0 Å². The zero-order chi connectivity index (χ0) is 11.0. The maximum Gasteiger partial charge on any atom is 0.354 e. The first-order chi connectivity index (χ1) is 7.15. The summed E-state index contributed by atoms with van der Waals surface area (Å²) in [4.78, 5) is 10.9. The average molecular weight is 266 g/mol. The average Bonchev–Trinajstić information content (AvgIpc) is 2.64. The highest BCUT2D eigenvalue weighted by molar-refractivity contribution is 9.10. The van der Waals surface area contributed by atoms with Gasteiger partial charge in [0.05, 0.1) is 17.0 Å². The van der Waals surface area contributed by atoms with Crippen molar-refractivity contribution in [3.05, 3.63) is 27.9 Å². The second-order valence-electron chi connectivity index (χ2n) is 2.83. The van der Waals surface area contributed by atoms with Crippen LogP contribution in [0.4, 0.5) is 0 Å². The number of aromatic amines is 1. The maximum atomic E-state index is 10.9. The Morgan fingerprint density at radius 1 is 1.60 bits per heavy atom. The van der Waals surface area contributed by atoms with Gasteiger partial charge >= 0.3 is 5.97 Å². The van der Waals surface area contributed by atoms with Gasteiger partial charge in [-0.15, -0.1) is 0 Å². The molecule has 0 amide bonds. The molecule has 0 aliphatic rings. The van der Waals surface area contributed by atoms with Crippen molar-refractivity contribution in [3.8, 4) is 6.07 Å². The van der Waals surface area contributed by atoms with Crippen LogP contribution in [0.1, 0.15) is 16.1 Å². The summed E-state index contributed by atoms with van der Waals surface area (Å²) in [6, 6.07) is 5.14. The van der Waals surface area contributed by atoms with E-state index >= 15 is 0 Å². The van der Waals surface area contributed by atoms with Gasteiger partial charge < -0.3 is 5.11 Å². The number of carboxylic acids is 1. The third-order valence-corrected chi connectivity index (χ3v) is 2.63. The molecule has 0 bridgehead atoms. The Balaban J connectivity index is 2.94. The Hall–Kier alpha value is -1.87. The molecule has 0 aliphatic heterocycles. The van der Waals surface area contributed by atoms with Crippen molar-refractivity contribution in [2.75, 3.05) is 0 Å². The Morgan fingerprint density at radius 3 is 2.93 bits per heavy atom. The van der Waals surface area contributed by atoms with E-state index in [1.165, 1.54) is 0 Å². The summed E-state index contributed by atoms with van der Waals surface area (Å²) in [5.74, 6) is -1.13. The number of H-pyrrole nitrogens is 1. The van der Waals surface area contributed by atoms with E-state index in [1.54, 1.807) is 12.1 Å². The number of hydrogen-bond acceptors (Lipinski definition) is 3. The van der Waals surface area contributed by atoms with Crippen LogP contribution in [-0.2, 0) is 0 Å². The lowest BCUT2D eigenvalue weighted by Gasteiger charge is -1.95. The lowest BCUT2D eigenvalue weighted by Crippen LogP contribution is -1.97. The fourth-order valence-electron chi connectivity index (χ4n) is 1.34. The van der Waals surface area contributed by atoms with Gasteiger partial charge in [0.15, 0.2) is 5.69 Å². The summed E-state index contributed by atoms with van der Waals surface area (Å²) in [5.41, 5.74) is 0.675. The van der Waals surface area contributed by atoms with Crippen molar-refractivity contribution < 1.29 is 9.90 Å². The summed E-state index contributed by atoms with van der Waals surface area (Å²) >= 11 is 3.24. The molecule has 15 heavy (non-hydrogen) atoms. The quantitative estimate of drug-likeness (QED) is 0.824. The molecule has 74 valence electrons. The topological polar surface area (TPSA) is 89.8 Å². The van der Waals surface area contributed by atoms with Crippen LogP contribution in [0.5, 0.6) is 0 Å². The fourth-order valence-corrected chi connectivity index (χ4v) is 1.76. The molecule has 0 saturated heterocycles. The molecule has 0 saturated carbocycles. The molecule has 1 aromatic heterocycles. The van der Waals surface area contributed by atoms with Crippen LogP contribution in [0.3, 0.4) is 0 Å². The largest absolute Gasteiger partial charge is 0.477 e. The minimum absolute atomic E-state index is 0.0668. The zero-order valence-electron chi connectivity index (χ0n) is 7.28. The van der Waals surface area contributed by atoms with E-state index in [1.807, 2.05) is 6.07 Å². The van der Waals surface area contributed by atoms with Crippen LogP contribution in [0.15, 0.2) is 16.6 Å². The maximum absolute atomic E-state index is 10.9. The van der Waals surface area contributed by atoms with Crippen LogP contribution in [0, 0.1) is 11.3 Å². The first-order valence-corrected chi connectivity index (χ1v) is 4.74. The number of carboxylic acid groups (broad SMARTS) is 1. The Labute approximate surface area is 92.5 Å². The van der Waals surface area contributed by atoms with E-state index in [2.05, 4.69) is 26.1 Å². The molecule has 0 unspecified atom stereocenters. The van der Waals surface area contributed by atoms with Crippen molar-refractivity contribution >= 4 is 32.8 Å². The van der Waals surface area contributed by atoms with Gasteiger partial charge in [0.25, 0.3) is 0 Å². The first kappa shape index (κ1) is 9.68. The van der Waals surface area contributed by atoms with E-state index in [4.69, 9.17) is 10.4 Å². The number of aromatic carboxylic acids is 1. The van der Waals surface area contributed by atoms with Crippen molar-refractivity contribution in [1.82, 2.24) is 10.2 Å². The first-order valence-electron chi connectivity index (χ1n) is 3.95. The Morgan fingerprint density at radius 2 is 2.33 bits per heavy atom. The van der Waals surface area contributed by atoms with Gasteiger partial charge in [-0.25, -0.2) is 4.79 Å². The number of halogens is 1. The number of benzene rings is 1. The molecule has 0 fully saturated rings. The third-order valence-electron chi connectivity index (χ3n) is 1.99. The molecule has 6 heteroatoms. The number of carbonyl (C=O) groups is 1. The number of hydrogen-bond donors (Lipinski definition) is 2. The Bertz CT molecular complexity index is 597. The SMILES string of the molecule is N#Cc1ccc(Br)c2n[nH]c(C(=O)O)c12. The van der Waals surface area contributed by atoms with Crippen molar-refractivity contribution in [1.29, 1.82) is 5.26 Å². The Kier molecular flexibility index (Phi) is 2.17. The standard InChI is InChI=1S/C9H4BrN3O2/c10-5-2-1-4(3-11)6-7(5)12-13-8(6)9(14)15/h1-2H,(H,12,13)(H,14,15). The van der Waals surface area contributed by atoms with Crippen LogP contribution < -0.4 is 0 Å². The predicted molar refractivity (Wildman–Crippen MR) is 55.5 cm³/mol. The normalized spacial score (nSPS) is 10.1. The zero-order valence-corrected chi connectivity index (χ0v) is 8.87. The van der Waals surface area contributed by atoms with Crippen LogP contribution in [0.2, 0.25) is 0 Å². The molecule has 0 atom stereocenters. The van der Waals surface area contributed by atoms with Gasteiger partial charge in [0, 0.05) is 4.47 Å². The van der Waals surface area contributed by atoms with E-state index < -0.39 is 5.97 Å². The molecule has 1 heterocycles. The van der Waals surface area contributed by atoms with Gasteiger partial charge in [0.2, 0.25) is 0 Å². The second kappa shape index (κ2) is 3.37. The minimum Gasteiger partial charge on any atom is -0.477 e. The molecule has 1 aromatic carbocycles. The number of nitrogens with one attached hydrogen (secondary N) is 1. The van der Waals surface area contributed by atoms with Crippen LogP contribution >= 0.6 is 15.9 Å². The van der Waals surface area contributed by atoms with E-state index in [-0.39, 0.29) is 5.69 Å². The van der Waals surface area contributed by atoms with Gasteiger partial charge in [-0.1, -0.05) is 0 Å². The second-order valence-corrected chi connectivity index (χ2v) is 3.69. The fraction of sp³-hybridized carbons (Fsp3) is 0. The molecule has 5 nitrogen and oxygen atoms in total. The summed E-state index contributed by atoms with van der Waals surface area (Å²) < 4.78 is 0.653. The molecule has 2 rings (SSSR count). The van der Waals surface area contributed by atoms with Crippen molar-refractivity contribution in [3.63, 3.8) is 0 Å². The number of rotatable bonds is 1. The van der Waals surface area contributed by atoms with Crippen LogP contribution in [-0.4, -0.2) is 21.3 Å². The third kappa shape index (κ3) is 1.37.